The van der Waals surface area contributed by atoms with Crippen LogP contribution in [0.5, 0.6) is 0 Å². The summed E-state index contributed by atoms with van der Waals surface area (Å²) in [5, 5.41) is 3.03. The van der Waals surface area contributed by atoms with Crippen LogP contribution in [-0.2, 0) is 9.59 Å². The van der Waals surface area contributed by atoms with Gasteiger partial charge in [-0.1, -0.05) is 37.5 Å². The van der Waals surface area contributed by atoms with E-state index in [1.54, 1.807) is 11.8 Å². The van der Waals surface area contributed by atoms with Gasteiger partial charge in [0, 0.05) is 17.3 Å². The highest BCUT2D eigenvalue weighted by Gasteiger charge is 2.34. The number of aryl methyl sites for hydroxylation is 2. The molecule has 2 fully saturated rings. The van der Waals surface area contributed by atoms with Crippen LogP contribution in [-0.4, -0.2) is 17.6 Å². The number of nitrogens with zero attached hydrogens (tertiary/aromatic N) is 1. The van der Waals surface area contributed by atoms with Crippen molar-refractivity contribution in [1.29, 1.82) is 0 Å². The molecular weight excluding hydrogens is 380 g/mol. The van der Waals surface area contributed by atoms with Crippen molar-refractivity contribution in [3.8, 4) is 0 Å². The maximum Gasteiger partial charge on any atom is 0.238 e. The van der Waals surface area contributed by atoms with Gasteiger partial charge in [0.25, 0.3) is 0 Å². The predicted octanol–water partition coefficient (Wildman–Crippen LogP) is 5.60. The maximum atomic E-state index is 12.7. The Labute approximate surface area is 177 Å². The number of hydrogen-bond donors (Lipinski definition) is 1. The van der Waals surface area contributed by atoms with E-state index in [2.05, 4.69) is 37.4 Å². The first kappa shape index (κ1) is 20.0. The second-order valence-corrected chi connectivity index (χ2v) is 9.29. The average molecular weight is 409 g/mol. The molecule has 2 amide bonds. The van der Waals surface area contributed by atoms with Gasteiger partial charge in [-0.3, -0.25) is 14.5 Å². The van der Waals surface area contributed by atoms with Gasteiger partial charge in [0.2, 0.25) is 11.8 Å². The Morgan fingerprint density at radius 2 is 1.76 bits per heavy atom. The van der Waals surface area contributed by atoms with Crippen LogP contribution in [0.15, 0.2) is 42.5 Å². The lowest BCUT2D eigenvalue weighted by molar-refractivity contribution is -0.120. The molecule has 1 N–H and O–H groups in total. The van der Waals surface area contributed by atoms with Gasteiger partial charge in [-0.2, -0.15) is 0 Å². The van der Waals surface area contributed by atoms with Gasteiger partial charge in [0.05, 0.1) is 5.75 Å². The topological polar surface area (TPSA) is 49.4 Å². The highest BCUT2D eigenvalue weighted by Crippen LogP contribution is 2.42. The summed E-state index contributed by atoms with van der Waals surface area (Å²) in [5.41, 5.74) is 5.10. The van der Waals surface area contributed by atoms with E-state index in [1.165, 1.54) is 6.42 Å². The third kappa shape index (κ3) is 4.50. The van der Waals surface area contributed by atoms with Crippen molar-refractivity contribution >= 4 is 35.0 Å². The maximum absolute atomic E-state index is 12.7. The van der Waals surface area contributed by atoms with Gasteiger partial charge in [-0.15, -0.1) is 11.8 Å². The molecule has 1 unspecified atom stereocenters. The number of rotatable bonds is 4. The van der Waals surface area contributed by atoms with Gasteiger partial charge in [-0.05, 0) is 67.6 Å². The monoisotopic (exact) mass is 408 g/mol. The summed E-state index contributed by atoms with van der Waals surface area (Å²) in [6.07, 6.45) is 5.49. The number of benzene rings is 2. The van der Waals surface area contributed by atoms with E-state index in [0.29, 0.717) is 5.75 Å². The lowest BCUT2D eigenvalue weighted by atomic mass is 9.88. The van der Waals surface area contributed by atoms with Gasteiger partial charge in [-0.25, -0.2) is 0 Å². The largest absolute Gasteiger partial charge is 0.326 e. The molecule has 29 heavy (non-hydrogen) atoms. The highest BCUT2D eigenvalue weighted by molar-refractivity contribution is 8.00. The third-order valence-corrected chi connectivity index (χ3v) is 6.98. The Hall–Kier alpha value is -2.27. The van der Waals surface area contributed by atoms with Crippen molar-refractivity contribution < 1.29 is 9.59 Å². The molecule has 1 aliphatic heterocycles. The van der Waals surface area contributed by atoms with Crippen LogP contribution in [0.3, 0.4) is 0 Å². The Balaban J connectivity index is 1.56. The first-order valence-corrected chi connectivity index (χ1v) is 11.5. The fourth-order valence-corrected chi connectivity index (χ4v) is 5.59. The molecule has 4 rings (SSSR count). The average Bonchev–Trinajstić information content (AvgIpc) is 3.09. The van der Waals surface area contributed by atoms with Crippen LogP contribution in [0.4, 0.5) is 11.4 Å². The number of amides is 2. The standard InChI is InChI=1S/C24H28N2O2S/c1-16-11-17(2)13-21(12-16)26-22(27)15-29-24(26)19-9-6-10-20(14-19)25-23(28)18-7-4-3-5-8-18/h6,9-14,18,24H,3-5,7-8,15H2,1-2H3,(H,25,28). The van der Waals surface area contributed by atoms with E-state index in [0.717, 1.165) is 53.7 Å². The fourth-order valence-electron chi connectivity index (χ4n) is 4.42. The summed E-state index contributed by atoms with van der Waals surface area (Å²) in [5.74, 6) is 0.850. The molecule has 2 aromatic carbocycles. The number of thioether (sulfide) groups is 1. The number of anilines is 2. The van der Waals surface area contributed by atoms with Gasteiger partial charge in [0.1, 0.15) is 5.37 Å². The second-order valence-electron chi connectivity index (χ2n) is 8.22. The zero-order valence-corrected chi connectivity index (χ0v) is 17.9. The summed E-state index contributed by atoms with van der Waals surface area (Å²) < 4.78 is 0. The normalized spacial score (nSPS) is 20.1. The van der Waals surface area contributed by atoms with Crippen LogP contribution in [0, 0.1) is 19.8 Å². The SMILES string of the molecule is Cc1cc(C)cc(N2C(=O)CSC2c2cccc(NC(=O)C3CCCCC3)c2)c1. The summed E-state index contributed by atoms with van der Waals surface area (Å²) in [7, 11) is 0. The van der Waals surface area contributed by atoms with Crippen LogP contribution in [0.25, 0.3) is 0 Å². The minimum Gasteiger partial charge on any atom is -0.326 e. The van der Waals surface area contributed by atoms with E-state index in [1.807, 2.05) is 29.2 Å². The highest BCUT2D eigenvalue weighted by atomic mass is 32.2. The molecule has 5 heteroatoms. The molecular formula is C24H28N2O2S. The zero-order chi connectivity index (χ0) is 20.4. The lowest BCUT2D eigenvalue weighted by Gasteiger charge is -2.26. The van der Waals surface area contributed by atoms with E-state index in [9.17, 15) is 9.59 Å². The molecule has 1 atom stereocenters. The fraction of sp³-hybridized carbons (Fsp3) is 0.417. The molecule has 1 heterocycles. The van der Waals surface area contributed by atoms with Crippen LogP contribution >= 0.6 is 11.8 Å². The zero-order valence-electron chi connectivity index (χ0n) is 17.1. The number of carbonyl (C=O) groups is 2. The molecule has 2 aromatic rings. The number of hydrogen-bond acceptors (Lipinski definition) is 3. The van der Waals surface area contributed by atoms with Crippen LogP contribution < -0.4 is 10.2 Å². The molecule has 1 saturated heterocycles. The minimum absolute atomic E-state index is 0.0739. The van der Waals surface area contributed by atoms with Gasteiger partial charge in [0.15, 0.2) is 0 Å². The molecule has 0 spiro atoms. The summed E-state index contributed by atoms with van der Waals surface area (Å²) >= 11 is 1.64. The van der Waals surface area contributed by atoms with E-state index >= 15 is 0 Å². The van der Waals surface area contributed by atoms with Crippen molar-refractivity contribution in [2.75, 3.05) is 16.0 Å². The van der Waals surface area contributed by atoms with E-state index in [-0.39, 0.29) is 23.1 Å². The lowest BCUT2D eigenvalue weighted by Crippen LogP contribution is -2.28. The van der Waals surface area contributed by atoms with E-state index < -0.39 is 0 Å². The van der Waals surface area contributed by atoms with Crippen molar-refractivity contribution in [3.63, 3.8) is 0 Å². The number of nitrogens with one attached hydrogen (secondary N) is 1. The molecule has 152 valence electrons. The predicted molar refractivity (Wildman–Crippen MR) is 120 cm³/mol. The molecule has 4 nitrogen and oxygen atoms in total. The van der Waals surface area contributed by atoms with Crippen LogP contribution in [0.1, 0.15) is 54.2 Å². The Bertz CT molecular complexity index is 901. The Morgan fingerprint density at radius 3 is 2.48 bits per heavy atom. The molecule has 0 aromatic heterocycles. The smallest absolute Gasteiger partial charge is 0.238 e. The van der Waals surface area contributed by atoms with Gasteiger partial charge >= 0.3 is 0 Å². The van der Waals surface area contributed by atoms with Crippen molar-refractivity contribution in [2.45, 2.75) is 51.3 Å². The first-order chi connectivity index (χ1) is 14.0. The first-order valence-electron chi connectivity index (χ1n) is 10.4. The Morgan fingerprint density at radius 1 is 1.03 bits per heavy atom. The molecule has 0 radical (unpaired) electrons. The van der Waals surface area contributed by atoms with E-state index in [4.69, 9.17) is 0 Å². The molecule has 2 aliphatic rings. The van der Waals surface area contributed by atoms with Gasteiger partial charge < -0.3 is 5.32 Å². The third-order valence-electron chi connectivity index (χ3n) is 5.77. The quantitative estimate of drug-likeness (QED) is 0.716. The number of carbonyl (C=O) groups excluding carboxylic acids is 2. The Kier molecular flexibility index (Phi) is 5.95. The minimum atomic E-state index is -0.0739. The summed E-state index contributed by atoms with van der Waals surface area (Å²) in [6.45, 7) is 4.11. The molecule has 1 saturated carbocycles. The summed E-state index contributed by atoms with van der Waals surface area (Å²) in [6, 6.07) is 14.2. The molecule has 0 bridgehead atoms. The van der Waals surface area contributed by atoms with Crippen molar-refractivity contribution in [2.24, 2.45) is 5.92 Å². The molecule has 1 aliphatic carbocycles. The van der Waals surface area contributed by atoms with Crippen LogP contribution in [0.2, 0.25) is 0 Å². The van der Waals surface area contributed by atoms with Crippen molar-refractivity contribution in [1.82, 2.24) is 0 Å². The van der Waals surface area contributed by atoms with Crippen molar-refractivity contribution in [3.05, 3.63) is 59.2 Å². The second kappa shape index (κ2) is 8.62. The summed E-state index contributed by atoms with van der Waals surface area (Å²) in [4.78, 5) is 27.2.